The fraction of sp³-hybridized carbons (Fsp3) is 0.421. The van der Waals surface area contributed by atoms with Crippen molar-refractivity contribution in [1.82, 2.24) is 14.7 Å². The number of benzene rings is 1. The molecule has 4 rings (SSSR count). The summed E-state index contributed by atoms with van der Waals surface area (Å²) < 4.78 is 1.71. The van der Waals surface area contributed by atoms with E-state index in [0.29, 0.717) is 24.6 Å². The molecule has 1 aliphatic heterocycles. The summed E-state index contributed by atoms with van der Waals surface area (Å²) >= 11 is 0. The monoisotopic (exact) mass is 339 g/mol. The molecule has 1 saturated carbocycles. The van der Waals surface area contributed by atoms with E-state index < -0.39 is 11.9 Å². The van der Waals surface area contributed by atoms with Crippen LogP contribution in [0.1, 0.15) is 47.8 Å². The average Bonchev–Trinajstić information content (AvgIpc) is 3.40. The number of aromatic nitrogens is 2. The summed E-state index contributed by atoms with van der Waals surface area (Å²) in [6, 6.07) is 11.5. The van der Waals surface area contributed by atoms with E-state index in [1.807, 2.05) is 36.4 Å². The summed E-state index contributed by atoms with van der Waals surface area (Å²) in [5, 5.41) is 13.9. The highest BCUT2D eigenvalue weighted by molar-refractivity contribution is 5.93. The Balaban J connectivity index is 1.66. The largest absolute Gasteiger partial charge is 0.481 e. The van der Waals surface area contributed by atoms with Crippen LogP contribution in [0.4, 0.5) is 0 Å². The van der Waals surface area contributed by atoms with Crippen molar-refractivity contribution in [2.75, 3.05) is 13.1 Å². The SMILES string of the molecule is O=C(O)C1CCCN(C(=O)c2cc(C3CC3)nn2-c2ccccc2)C1. The van der Waals surface area contributed by atoms with Gasteiger partial charge < -0.3 is 10.0 Å². The second kappa shape index (κ2) is 6.35. The Kier molecular flexibility index (Phi) is 4.03. The molecule has 1 aromatic carbocycles. The van der Waals surface area contributed by atoms with Gasteiger partial charge in [-0.25, -0.2) is 4.68 Å². The van der Waals surface area contributed by atoms with Gasteiger partial charge >= 0.3 is 5.97 Å². The summed E-state index contributed by atoms with van der Waals surface area (Å²) in [4.78, 5) is 26.0. The van der Waals surface area contributed by atoms with Crippen LogP contribution in [-0.4, -0.2) is 44.8 Å². The van der Waals surface area contributed by atoms with E-state index in [2.05, 4.69) is 5.10 Å². The third-order valence-corrected chi connectivity index (χ3v) is 5.00. The van der Waals surface area contributed by atoms with Gasteiger partial charge in [0.1, 0.15) is 5.69 Å². The van der Waals surface area contributed by atoms with Gasteiger partial charge in [-0.05, 0) is 43.9 Å². The number of nitrogens with zero attached hydrogens (tertiary/aromatic N) is 3. The van der Waals surface area contributed by atoms with E-state index in [1.54, 1.807) is 9.58 Å². The van der Waals surface area contributed by atoms with Crippen molar-refractivity contribution in [3.05, 3.63) is 47.8 Å². The van der Waals surface area contributed by atoms with Gasteiger partial charge in [-0.3, -0.25) is 9.59 Å². The zero-order valence-electron chi connectivity index (χ0n) is 14.0. The first-order valence-corrected chi connectivity index (χ1v) is 8.81. The van der Waals surface area contributed by atoms with E-state index >= 15 is 0 Å². The molecular weight excluding hydrogens is 318 g/mol. The predicted octanol–water partition coefficient (Wildman–Crippen LogP) is 2.69. The van der Waals surface area contributed by atoms with E-state index in [-0.39, 0.29) is 12.5 Å². The number of carbonyl (C=O) groups is 2. The molecule has 0 radical (unpaired) electrons. The maximum Gasteiger partial charge on any atom is 0.308 e. The lowest BCUT2D eigenvalue weighted by atomic mass is 9.98. The van der Waals surface area contributed by atoms with Crippen LogP contribution in [0.2, 0.25) is 0 Å². The average molecular weight is 339 g/mol. The highest BCUT2D eigenvalue weighted by Crippen LogP contribution is 2.40. The Bertz CT molecular complexity index is 796. The van der Waals surface area contributed by atoms with Gasteiger partial charge in [-0.2, -0.15) is 5.10 Å². The smallest absolute Gasteiger partial charge is 0.308 e. The van der Waals surface area contributed by atoms with Crippen molar-refractivity contribution in [2.45, 2.75) is 31.6 Å². The Morgan fingerprint density at radius 3 is 2.56 bits per heavy atom. The quantitative estimate of drug-likeness (QED) is 0.929. The number of hydrogen-bond donors (Lipinski definition) is 1. The van der Waals surface area contributed by atoms with Gasteiger partial charge in [0.15, 0.2) is 0 Å². The summed E-state index contributed by atoms with van der Waals surface area (Å²) in [5.41, 5.74) is 2.34. The number of hydrogen-bond acceptors (Lipinski definition) is 3. The highest BCUT2D eigenvalue weighted by Gasteiger charge is 2.33. The van der Waals surface area contributed by atoms with Crippen molar-refractivity contribution in [3.8, 4) is 5.69 Å². The molecule has 2 fully saturated rings. The molecule has 2 heterocycles. The molecule has 0 bridgehead atoms. The number of carbonyl (C=O) groups excluding carboxylic acids is 1. The van der Waals surface area contributed by atoms with E-state index in [1.165, 1.54) is 0 Å². The molecule has 6 heteroatoms. The minimum Gasteiger partial charge on any atom is -0.481 e. The fourth-order valence-corrected chi connectivity index (χ4v) is 3.42. The molecule has 1 amide bonds. The fourth-order valence-electron chi connectivity index (χ4n) is 3.42. The normalized spacial score (nSPS) is 20.5. The van der Waals surface area contributed by atoms with Crippen LogP contribution >= 0.6 is 0 Å². The Morgan fingerprint density at radius 1 is 1.12 bits per heavy atom. The summed E-state index contributed by atoms with van der Waals surface area (Å²) in [6.07, 6.45) is 3.58. The number of piperidine rings is 1. The van der Waals surface area contributed by atoms with Crippen LogP contribution in [0.15, 0.2) is 36.4 Å². The lowest BCUT2D eigenvalue weighted by molar-refractivity contribution is -0.143. The first-order chi connectivity index (χ1) is 12.1. The minimum absolute atomic E-state index is 0.130. The molecule has 25 heavy (non-hydrogen) atoms. The van der Waals surface area contributed by atoms with Gasteiger partial charge in [0.2, 0.25) is 0 Å². The van der Waals surface area contributed by atoms with Gasteiger partial charge in [-0.15, -0.1) is 0 Å². The van der Waals surface area contributed by atoms with Crippen molar-refractivity contribution in [3.63, 3.8) is 0 Å². The van der Waals surface area contributed by atoms with Crippen molar-refractivity contribution in [2.24, 2.45) is 5.92 Å². The maximum absolute atomic E-state index is 13.1. The zero-order valence-corrected chi connectivity index (χ0v) is 14.0. The topological polar surface area (TPSA) is 75.4 Å². The molecule has 6 nitrogen and oxygen atoms in total. The Labute approximate surface area is 146 Å². The second-order valence-electron chi connectivity index (χ2n) is 6.90. The molecule has 1 N–H and O–H groups in total. The highest BCUT2D eigenvalue weighted by atomic mass is 16.4. The molecule has 0 spiro atoms. The summed E-state index contributed by atoms with van der Waals surface area (Å²) in [5.74, 6) is -0.986. The van der Waals surface area contributed by atoms with Gasteiger partial charge in [0.05, 0.1) is 17.3 Å². The summed E-state index contributed by atoms with van der Waals surface area (Å²) in [6.45, 7) is 0.869. The van der Waals surface area contributed by atoms with Crippen LogP contribution in [0.5, 0.6) is 0 Å². The minimum atomic E-state index is -0.826. The predicted molar refractivity (Wildman–Crippen MR) is 91.8 cm³/mol. The van der Waals surface area contributed by atoms with Crippen LogP contribution in [-0.2, 0) is 4.79 Å². The molecular formula is C19H21N3O3. The number of aliphatic carboxylic acids is 1. The number of carboxylic acids is 1. The first kappa shape index (κ1) is 15.9. The molecule has 1 aromatic heterocycles. The number of likely N-dealkylation sites (tertiary alicyclic amines) is 1. The molecule has 2 aliphatic rings. The molecule has 1 atom stereocenters. The lowest BCUT2D eigenvalue weighted by Gasteiger charge is -2.30. The van der Waals surface area contributed by atoms with Gasteiger partial charge in [-0.1, -0.05) is 18.2 Å². The Morgan fingerprint density at radius 2 is 1.88 bits per heavy atom. The van der Waals surface area contributed by atoms with Crippen molar-refractivity contribution < 1.29 is 14.7 Å². The number of rotatable bonds is 4. The molecule has 130 valence electrons. The number of carboxylic acid groups (broad SMARTS) is 1. The molecule has 1 aliphatic carbocycles. The lowest BCUT2D eigenvalue weighted by Crippen LogP contribution is -2.42. The van der Waals surface area contributed by atoms with Crippen LogP contribution in [0.3, 0.4) is 0 Å². The maximum atomic E-state index is 13.1. The van der Waals surface area contributed by atoms with E-state index in [4.69, 9.17) is 0 Å². The third-order valence-electron chi connectivity index (χ3n) is 5.00. The standard InChI is InChI=1S/C19H21N3O3/c23-18(21-10-4-5-14(12-21)19(24)25)17-11-16(13-8-9-13)20-22(17)15-6-2-1-3-7-15/h1-3,6-7,11,13-14H,4-5,8-10,12H2,(H,24,25). The van der Waals surface area contributed by atoms with E-state index in [0.717, 1.165) is 30.6 Å². The number of amides is 1. The second-order valence-corrected chi connectivity index (χ2v) is 6.90. The van der Waals surface area contributed by atoms with Gasteiger partial charge in [0, 0.05) is 19.0 Å². The van der Waals surface area contributed by atoms with Crippen LogP contribution in [0.25, 0.3) is 5.69 Å². The third kappa shape index (κ3) is 3.16. The molecule has 1 unspecified atom stereocenters. The summed E-state index contributed by atoms with van der Waals surface area (Å²) in [7, 11) is 0. The molecule has 1 saturated heterocycles. The van der Waals surface area contributed by atoms with Crippen LogP contribution < -0.4 is 0 Å². The van der Waals surface area contributed by atoms with E-state index in [9.17, 15) is 14.7 Å². The zero-order chi connectivity index (χ0) is 17.4. The van der Waals surface area contributed by atoms with Crippen molar-refractivity contribution >= 4 is 11.9 Å². The van der Waals surface area contributed by atoms with Crippen molar-refractivity contribution in [1.29, 1.82) is 0 Å². The molecule has 2 aromatic rings. The Hall–Kier alpha value is -2.63. The first-order valence-electron chi connectivity index (χ1n) is 8.81. The van der Waals surface area contributed by atoms with Gasteiger partial charge in [0.25, 0.3) is 5.91 Å². The number of para-hydroxylation sites is 1. The van der Waals surface area contributed by atoms with Crippen LogP contribution in [0, 0.1) is 5.92 Å².